The molecule has 2 aliphatic heterocycles. The fraction of sp³-hybridized carbons (Fsp3) is 0.364. The van der Waals surface area contributed by atoms with Crippen molar-refractivity contribution in [1.29, 1.82) is 5.26 Å². The summed E-state index contributed by atoms with van der Waals surface area (Å²) in [5, 5.41) is 19.9. The Balaban J connectivity index is 2.10. The molecule has 0 aromatic heterocycles. The fourth-order valence-corrected chi connectivity index (χ4v) is 4.83. The lowest BCUT2D eigenvalue weighted by atomic mass is 9.65. The van der Waals surface area contributed by atoms with Crippen molar-refractivity contribution in [3.8, 4) is 6.07 Å². The van der Waals surface area contributed by atoms with Gasteiger partial charge in [-0.25, -0.2) is 4.79 Å². The average molecular weight is 407 g/mol. The van der Waals surface area contributed by atoms with Crippen molar-refractivity contribution in [2.45, 2.75) is 44.6 Å². The van der Waals surface area contributed by atoms with Gasteiger partial charge in [0.2, 0.25) is 11.8 Å². The number of carboxylic acid groups (broad SMARTS) is 1. The van der Waals surface area contributed by atoms with Crippen LogP contribution in [0.5, 0.6) is 0 Å². The van der Waals surface area contributed by atoms with Gasteiger partial charge in [-0.2, -0.15) is 5.26 Å². The number of carboxylic acids is 1. The molecule has 8 nitrogen and oxygen atoms in total. The molecule has 8 heteroatoms. The van der Waals surface area contributed by atoms with Crippen molar-refractivity contribution >= 4 is 23.3 Å². The first-order valence-electron chi connectivity index (χ1n) is 9.77. The van der Waals surface area contributed by atoms with Crippen LogP contribution in [0.3, 0.4) is 0 Å². The number of aliphatic carboxylic acids is 1. The summed E-state index contributed by atoms with van der Waals surface area (Å²) < 4.78 is 5.61. The third-order valence-corrected chi connectivity index (χ3v) is 5.98. The summed E-state index contributed by atoms with van der Waals surface area (Å²) in [5.41, 5.74) is 4.94. The predicted octanol–water partition coefficient (Wildman–Crippen LogP) is 2.11. The number of fused-ring (bicyclic) bond motifs is 3. The van der Waals surface area contributed by atoms with E-state index in [0.717, 1.165) is 0 Å². The van der Waals surface area contributed by atoms with E-state index in [-0.39, 0.29) is 35.0 Å². The first-order chi connectivity index (χ1) is 14.3. The minimum absolute atomic E-state index is 0.104. The molecule has 30 heavy (non-hydrogen) atoms. The molecule has 4 rings (SSSR count). The van der Waals surface area contributed by atoms with E-state index in [0.29, 0.717) is 24.1 Å². The van der Waals surface area contributed by atoms with Crippen LogP contribution in [0.25, 0.3) is 0 Å². The Morgan fingerprint density at radius 2 is 2.00 bits per heavy atom. The molecule has 1 aliphatic carbocycles. The van der Waals surface area contributed by atoms with Crippen molar-refractivity contribution in [3.05, 3.63) is 52.6 Å². The lowest BCUT2D eigenvalue weighted by molar-refractivity contribution is -0.141. The van der Waals surface area contributed by atoms with E-state index in [1.807, 2.05) is 6.07 Å². The molecule has 154 valence electrons. The molecule has 1 spiro atoms. The van der Waals surface area contributed by atoms with E-state index in [1.165, 1.54) is 4.90 Å². The number of nitriles is 1. The zero-order valence-corrected chi connectivity index (χ0v) is 16.6. The van der Waals surface area contributed by atoms with E-state index >= 15 is 0 Å². The van der Waals surface area contributed by atoms with Crippen LogP contribution in [0.4, 0.5) is 5.69 Å². The van der Waals surface area contributed by atoms with E-state index in [2.05, 4.69) is 0 Å². The minimum Gasteiger partial charge on any atom is -0.480 e. The molecular weight excluding hydrogens is 386 g/mol. The van der Waals surface area contributed by atoms with Gasteiger partial charge in [0.15, 0.2) is 5.78 Å². The normalized spacial score (nSPS) is 24.0. The summed E-state index contributed by atoms with van der Waals surface area (Å²) in [5.74, 6) is -2.49. The largest absolute Gasteiger partial charge is 0.480 e. The number of nitrogens with two attached hydrogens (primary N) is 1. The zero-order valence-electron chi connectivity index (χ0n) is 16.6. The summed E-state index contributed by atoms with van der Waals surface area (Å²) in [6.07, 6.45) is 1.17. The van der Waals surface area contributed by atoms with Gasteiger partial charge >= 0.3 is 5.97 Å². The Hall–Kier alpha value is -3.60. The molecule has 2 unspecified atom stereocenters. The van der Waals surface area contributed by atoms with Crippen molar-refractivity contribution in [2.24, 2.45) is 11.7 Å². The van der Waals surface area contributed by atoms with Crippen molar-refractivity contribution < 1.29 is 24.2 Å². The highest BCUT2D eigenvalue weighted by atomic mass is 16.5. The number of anilines is 1. The van der Waals surface area contributed by atoms with Gasteiger partial charge in [-0.05, 0) is 18.4 Å². The van der Waals surface area contributed by atoms with Crippen LogP contribution in [0.1, 0.15) is 38.7 Å². The minimum atomic E-state index is -1.79. The number of ether oxygens (including phenoxy) is 1. The Morgan fingerprint density at radius 3 is 2.63 bits per heavy atom. The topological polar surface area (TPSA) is 134 Å². The number of nitrogens with zero attached hydrogens (tertiary/aromatic N) is 2. The van der Waals surface area contributed by atoms with E-state index in [4.69, 9.17) is 10.5 Å². The molecule has 2 heterocycles. The molecular formula is C22H21N3O5. The molecule has 0 fully saturated rings. The number of para-hydroxylation sites is 1. The van der Waals surface area contributed by atoms with Gasteiger partial charge in [-0.1, -0.05) is 32.0 Å². The molecule has 3 aliphatic rings. The van der Waals surface area contributed by atoms with Crippen LogP contribution < -0.4 is 10.6 Å². The van der Waals surface area contributed by atoms with Gasteiger partial charge in [0.05, 0.1) is 5.57 Å². The number of ketones is 1. The number of hydrogen-bond donors (Lipinski definition) is 2. The van der Waals surface area contributed by atoms with Gasteiger partial charge in [0, 0.05) is 24.1 Å². The third kappa shape index (κ3) is 2.35. The maximum absolute atomic E-state index is 14.1. The van der Waals surface area contributed by atoms with Gasteiger partial charge in [-0.15, -0.1) is 0 Å². The number of benzene rings is 1. The Kier molecular flexibility index (Phi) is 4.42. The average Bonchev–Trinajstić information content (AvgIpc) is 2.92. The highest BCUT2D eigenvalue weighted by molar-refractivity contribution is 6.21. The first-order valence-corrected chi connectivity index (χ1v) is 9.77. The molecule has 0 saturated carbocycles. The lowest BCUT2D eigenvalue weighted by Crippen LogP contribution is -2.54. The summed E-state index contributed by atoms with van der Waals surface area (Å²) in [4.78, 5) is 40.5. The third-order valence-electron chi connectivity index (χ3n) is 5.98. The van der Waals surface area contributed by atoms with Crippen molar-refractivity contribution in [3.63, 3.8) is 0 Å². The van der Waals surface area contributed by atoms with Crippen LogP contribution in [-0.2, 0) is 24.5 Å². The van der Waals surface area contributed by atoms with Crippen LogP contribution in [0, 0.1) is 17.2 Å². The number of carbonyl (C=O) groups is 3. The molecule has 3 N–H and O–H groups in total. The monoisotopic (exact) mass is 407 g/mol. The maximum atomic E-state index is 14.1. The number of hydrogen-bond acceptors (Lipinski definition) is 6. The van der Waals surface area contributed by atoms with Crippen LogP contribution in [0.2, 0.25) is 0 Å². The molecule has 0 radical (unpaired) electrons. The molecule has 1 amide bonds. The Morgan fingerprint density at radius 1 is 1.30 bits per heavy atom. The number of rotatable bonds is 3. The SMILES string of the molecule is CC(C)C(C(=O)O)N1C(=O)C2(C(C#N)=C(N)OC3=C2C(=O)CCC3)c2ccccc21. The lowest BCUT2D eigenvalue weighted by Gasteiger charge is -2.38. The second-order valence-electron chi connectivity index (χ2n) is 8.00. The quantitative estimate of drug-likeness (QED) is 0.784. The molecule has 1 aromatic carbocycles. The zero-order chi connectivity index (χ0) is 21.8. The molecule has 0 saturated heterocycles. The van der Waals surface area contributed by atoms with E-state index < -0.39 is 29.3 Å². The summed E-state index contributed by atoms with van der Waals surface area (Å²) in [6.45, 7) is 3.41. The summed E-state index contributed by atoms with van der Waals surface area (Å²) in [6, 6.07) is 7.46. The van der Waals surface area contributed by atoms with Crippen molar-refractivity contribution in [2.75, 3.05) is 4.90 Å². The molecule has 0 bridgehead atoms. The van der Waals surface area contributed by atoms with Crippen molar-refractivity contribution in [1.82, 2.24) is 0 Å². The second-order valence-corrected chi connectivity index (χ2v) is 8.00. The number of carbonyl (C=O) groups excluding carboxylic acids is 2. The maximum Gasteiger partial charge on any atom is 0.327 e. The first kappa shape index (κ1) is 19.7. The standard InChI is InChI=1S/C22H21N3O5/c1-11(2)18(20(27)28)25-14-7-4-3-6-12(14)22(21(25)29)13(10-23)19(24)30-16-9-5-8-15(26)17(16)22/h3-4,6-7,11,18H,5,8-9,24H2,1-2H3,(H,27,28). The predicted molar refractivity (Wildman–Crippen MR) is 106 cm³/mol. The Labute approximate surface area is 173 Å². The number of Topliss-reactive ketones (excluding diaryl/α,β-unsaturated/α-hetero) is 1. The Bertz CT molecular complexity index is 1090. The highest BCUT2D eigenvalue weighted by Gasteiger charge is 2.63. The molecule has 1 aromatic rings. The number of allylic oxidation sites excluding steroid dienone is 1. The van der Waals surface area contributed by atoms with Crippen LogP contribution in [0.15, 0.2) is 47.1 Å². The highest BCUT2D eigenvalue weighted by Crippen LogP contribution is 2.56. The van der Waals surface area contributed by atoms with E-state index in [1.54, 1.807) is 38.1 Å². The van der Waals surface area contributed by atoms with Gasteiger partial charge in [-0.3, -0.25) is 14.5 Å². The smallest absolute Gasteiger partial charge is 0.327 e. The fourth-order valence-electron chi connectivity index (χ4n) is 4.83. The van der Waals surface area contributed by atoms with Gasteiger partial charge in [0.25, 0.3) is 0 Å². The number of amides is 1. The van der Waals surface area contributed by atoms with E-state index in [9.17, 15) is 24.8 Å². The molecule has 2 atom stereocenters. The summed E-state index contributed by atoms with van der Waals surface area (Å²) >= 11 is 0. The van der Waals surface area contributed by atoms with Crippen LogP contribution >= 0.6 is 0 Å². The second kappa shape index (κ2) is 6.73. The van der Waals surface area contributed by atoms with Crippen LogP contribution in [-0.4, -0.2) is 28.8 Å². The van der Waals surface area contributed by atoms with Gasteiger partial charge in [0.1, 0.15) is 28.9 Å². The van der Waals surface area contributed by atoms with Gasteiger partial charge < -0.3 is 15.6 Å². The summed E-state index contributed by atoms with van der Waals surface area (Å²) in [7, 11) is 0.